The van der Waals surface area contributed by atoms with Gasteiger partial charge in [-0.15, -0.1) is 0 Å². The highest BCUT2D eigenvalue weighted by Gasteiger charge is 2.20. The molecule has 0 unspecified atom stereocenters. The van der Waals surface area contributed by atoms with E-state index in [1.165, 1.54) is 12.8 Å². The molecule has 1 aromatic rings. The van der Waals surface area contributed by atoms with E-state index >= 15 is 0 Å². The SMILES string of the molecule is COc1ccc(CNC(=O)CNC2CC2)cc1. The first kappa shape index (κ1) is 11.9. The molecule has 0 saturated heterocycles. The zero-order valence-electron chi connectivity index (χ0n) is 10.0. The molecule has 92 valence electrons. The molecule has 0 aliphatic heterocycles. The van der Waals surface area contributed by atoms with Crippen LogP contribution in [0.25, 0.3) is 0 Å². The summed E-state index contributed by atoms with van der Waals surface area (Å²) < 4.78 is 5.07. The van der Waals surface area contributed by atoms with Crippen LogP contribution in [-0.4, -0.2) is 25.6 Å². The summed E-state index contributed by atoms with van der Waals surface area (Å²) in [5, 5.41) is 6.06. The van der Waals surface area contributed by atoms with Crippen molar-refractivity contribution in [1.29, 1.82) is 0 Å². The minimum atomic E-state index is 0.0488. The minimum Gasteiger partial charge on any atom is -0.497 e. The zero-order valence-corrected chi connectivity index (χ0v) is 10.0. The van der Waals surface area contributed by atoms with Crippen molar-refractivity contribution in [2.24, 2.45) is 0 Å². The third-order valence-corrected chi connectivity index (χ3v) is 2.78. The lowest BCUT2D eigenvalue weighted by molar-refractivity contribution is -0.120. The van der Waals surface area contributed by atoms with Crippen LogP contribution in [0.1, 0.15) is 18.4 Å². The number of carbonyl (C=O) groups is 1. The van der Waals surface area contributed by atoms with Gasteiger partial charge in [-0.25, -0.2) is 0 Å². The normalized spacial score (nSPS) is 14.4. The number of carbonyl (C=O) groups excluding carboxylic acids is 1. The van der Waals surface area contributed by atoms with Crippen LogP contribution < -0.4 is 15.4 Å². The molecule has 2 rings (SSSR count). The Kier molecular flexibility index (Phi) is 3.98. The van der Waals surface area contributed by atoms with Crippen molar-refractivity contribution in [2.75, 3.05) is 13.7 Å². The summed E-state index contributed by atoms with van der Waals surface area (Å²) in [7, 11) is 1.64. The van der Waals surface area contributed by atoms with Gasteiger partial charge < -0.3 is 15.4 Å². The molecule has 17 heavy (non-hydrogen) atoms. The standard InChI is InChI=1S/C13H18N2O2/c1-17-12-6-2-10(3-7-12)8-15-13(16)9-14-11-4-5-11/h2-3,6-7,11,14H,4-5,8-9H2,1H3,(H,15,16). The first-order valence-electron chi connectivity index (χ1n) is 5.91. The highest BCUT2D eigenvalue weighted by atomic mass is 16.5. The first-order chi connectivity index (χ1) is 8.28. The minimum absolute atomic E-state index is 0.0488. The summed E-state index contributed by atoms with van der Waals surface area (Å²) in [4.78, 5) is 11.5. The van der Waals surface area contributed by atoms with Crippen LogP contribution in [0, 0.1) is 0 Å². The molecular formula is C13H18N2O2. The summed E-state index contributed by atoms with van der Waals surface area (Å²) in [5.74, 6) is 0.878. The Morgan fingerprint density at radius 1 is 1.35 bits per heavy atom. The smallest absolute Gasteiger partial charge is 0.234 e. The number of benzene rings is 1. The van der Waals surface area contributed by atoms with E-state index in [1.54, 1.807) is 7.11 Å². The highest BCUT2D eigenvalue weighted by molar-refractivity contribution is 5.78. The predicted octanol–water partition coefficient (Wildman–Crippen LogP) is 1.06. The maximum absolute atomic E-state index is 11.5. The average molecular weight is 234 g/mol. The Labute approximate surface area is 101 Å². The molecule has 0 spiro atoms. The summed E-state index contributed by atoms with van der Waals surface area (Å²) in [6, 6.07) is 8.26. The fraction of sp³-hybridized carbons (Fsp3) is 0.462. The fourth-order valence-corrected chi connectivity index (χ4v) is 1.53. The lowest BCUT2D eigenvalue weighted by Gasteiger charge is -2.06. The van der Waals surface area contributed by atoms with Crippen molar-refractivity contribution in [2.45, 2.75) is 25.4 Å². The lowest BCUT2D eigenvalue weighted by atomic mass is 10.2. The second-order valence-corrected chi connectivity index (χ2v) is 4.28. The molecule has 0 radical (unpaired) electrons. The van der Waals surface area contributed by atoms with E-state index in [-0.39, 0.29) is 5.91 Å². The van der Waals surface area contributed by atoms with Crippen LogP contribution in [-0.2, 0) is 11.3 Å². The van der Waals surface area contributed by atoms with Crippen LogP contribution in [0.5, 0.6) is 5.75 Å². The van der Waals surface area contributed by atoms with Gasteiger partial charge in [0.05, 0.1) is 13.7 Å². The van der Waals surface area contributed by atoms with E-state index in [0.717, 1.165) is 11.3 Å². The van der Waals surface area contributed by atoms with Crippen molar-refractivity contribution in [3.8, 4) is 5.75 Å². The zero-order chi connectivity index (χ0) is 12.1. The summed E-state index contributed by atoms with van der Waals surface area (Å²) in [6.45, 7) is 0.982. The molecule has 0 bridgehead atoms. The number of hydrogen-bond donors (Lipinski definition) is 2. The maximum Gasteiger partial charge on any atom is 0.234 e. The maximum atomic E-state index is 11.5. The molecular weight excluding hydrogens is 216 g/mol. The number of rotatable bonds is 6. The van der Waals surface area contributed by atoms with E-state index < -0.39 is 0 Å². The van der Waals surface area contributed by atoms with Crippen molar-refractivity contribution in [3.63, 3.8) is 0 Å². The first-order valence-corrected chi connectivity index (χ1v) is 5.91. The topological polar surface area (TPSA) is 50.4 Å². The van der Waals surface area contributed by atoms with Gasteiger partial charge in [0.1, 0.15) is 5.75 Å². The van der Waals surface area contributed by atoms with Crippen LogP contribution in [0.3, 0.4) is 0 Å². The fourth-order valence-electron chi connectivity index (χ4n) is 1.53. The van der Waals surface area contributed by atoms with E-state index in [4.69, 9.17) is 4.74 Å². The van der Waals surface area contributed by atoms with Gasteiger partial charge in [0.15, 0.2) is 0 Å². The third kappa shape index (κ3) is 4.07. The molecule has 1 aliphatic carbocycles. The Morgan fingerprint density at radius 3 is 2.65 bits per heavy atom. The van der Waals surface area contributed by atoms with E-state index in [2.05, 4.69) is 10.6 Å². The van der Waals surface area contributed by atoms with Gasteiger partial charge in [0.25, 0.3) is 0 Å². The molecule has 1 amide bonds. The molecule has 0 atom stereocenters. The van der Waals surface area contributed by atoms with Gasteiger partial charge in [-0.3, -0.25) is 4.79 Å². The average Bonchev–Trinajstić information content (AvgIpc) is 3.18. The summed E-state index contributed by atoms with van der Waals surface area (Å²) in [5.41, 5.74) is 1.07. The van der Waals surface area contributed by atoms with Crippen molar-refractivity contribution in [1.82, 2.24) is 10.6 Å². The highest BCUT2D eigenvalue weighted by Crippen LogP contribution is 2.17. The van der Waals surface area contributed by atoms with E-state index in [1.807, 2.05) is 24.3 Å². The molecule has 1 aromatic carbocycles. The van der Waals surface area contributed by atoms with Gasteiger partial charge in [-0.2, -0.15) is 0 Å². The van der Waals surface area contributed by atoms with Crippen LogP contribution in [0.4, 0.5) is 0 Å². The largest absolute Gasteiger partial charge is 0.497 e. The lowest BCUT2D eigenvalue weighted by Crippen LogP contribution is -2.34. The van der Waals surface area contributed by atoms with Gasteiger partial charge in [0, 0.05) is 12.6 Å². The monoisotopic (exact) mass is 234 g/mol. The molecule has 0 aromatic heterocycles. The molecule has 0 heterocycles. The quantitative estimate of drug-likeness (QED) is 0.774. The number of amides is 1. The van der Waals surface area contributed by atoms with E-state index in [0.29, 0.717) is 19.1 Å². The molecule has 2 N–H and O–H groups in total. The molecule has 4 heteroatoms. The number of ether oxygens (including phenoxy) is 1. The van der Waals surface area contributed by atoms with Crippen LogP contribution in [0.15, 0.2) is 24.3 Å². The molecule has 1 aliphatic rings. The predicted molar refractivity (Wildman–Crippen MR) is 65.9 cm³/mol. The van der Waals surface area contributed by atoms with Crippen molar-refractivity contribution >= 4 is 5.91 Å². The summed E-state index contributed by atoms with van der Waals surface area (Å²) >= 11 is 0. The number of hydrogen-bond acceptors (Lipinski definition) is 3. The van der Waals surface area contributed by atoms with Gasteiger partial charge >= 0.3 is 0 Å². The van der Waals surface area contributed by atoms with Crippen LogP contribution in [0.2, 0.25) is 0 Å². The second kappa shape index (κ2) is 5.68. The van der Waals surface area contributed by atoms with Gasteiger partial charge in [-0.05, 0) is 30.5 Å². The van der Waals surface area contributed by atoms with Gasteiger partial charge in [0.2, 0.25) is 5.91 Å². The Morgan fingerprint density at radius 2 is 2.06 bits per heavy atom. The van der Waals surface area contributed by atoms with E-state index in [9.17, 15) is 4.79 Å². The Bertz CT molecular complexity index is 372. The van der Waals surface area contributed by atoms with Crippen molar-refractivity contribution < 1.29 is 9.53 Å². The molecule has 4 nitrogen and oxygen atoms in total. The van der Waals surface area contributed by atoms with Crippen molar-refractivity contribution in [3.05, 3.63) is 29.8 Å². The third-order valence-electron chi connectivity index (χ3n) is 2.78. The second-order valence-electron chi connectivity index (χ2n) is 4.28. The van der Waals surface area contributed by atoms with Gasteiger partial charge in [-0.1, -0.05) is 12.1 Å². The summed E-state index contributed by atoms with van der Waals surface area (Å²) in [6.07, 6.45) is 2.40. The number of methoxy groups -OCH3 is 1. The molecule has 1 saturated carbocycles. The van der Waals surface area contributed by atoms with Crippen LogP contribution >= 0.6 is 0 Å². The Hall–Kier alpha value is -1.55. The number of nitrogens with one attached hydrogen (secondary N) is 2. The Balaban J connectivity index is 1.70. The molecule has 1 fully saturated rings.